The monoisotopic (exact) mass is 353 g/mol. The number of carbonyl (C=O) groups excluding carboxylic acids is 2. The number of rotatable bonds is 2. The van der Waals surface area contributed by atoms with Crippen LogP contribution in [0.3, 0.4) is 0 Å². The lowest BCUT2D eigenvalue weighted by Gasteiger charge is -2.34. The molecule has 1 aliphatic heterocycles. The first-order valence-corrected chi connectivity index (χ1v) is 7.75. The fraction of sp³-hybridized carbons (Fsp3) is 0.267. The molecule has 1 aliphatic rings. The highest BCUT2D eigenvalue weighted by Gasteiger charge is 2.26. The van der Waals surface area contributed by atoms with Crippen LogP contribution in [0.4, 0.5) is 0 Å². The number of aromatic nitrogens is 1. The number of carbonyl (C=O) groups is 2. The number of hydrogen-bond donors (Lipinski definition) is 0. The number of nitrogens with zero attached hydrogens (tertiary/aromatic N) is 3. The molecule has 2 aromatic rings. The van der Waals surface area contributed by atoms with Crippen LogP contribution in [-0.2, 0) is 0 Å². The van der Waals surface area contributed by atoms with Gasteiger partial charge in [0.2, 0.25) is 0 Å². The lowest BCUT2D eigenvalue weighted by atomic mass is 10.2. The average Bonchev–Trinajstić information content (AvgIpc) is 3.07. The average molecular weight is 354 g/mol. The lowest BCUT2D eigenvalue weighted by molar-refractivity contribution is 0.0518. The second-order valence-corrected chi connectivity index (χ2v) is 5.84. The minimum Gasteiger partial charge on any atom is -0.459 e. The zero-order chi connectivity index (χ0) is 16.4. The van der Waals surface area contributed by atoms with E-state index in [1.165, 1.54) is 18.4 Å². The first-order chi connectivity index (χ1) is 11.0. The first kappa shape index (κ1) is 15.8. The van der Waals surface area contributed by atoms with E-state index in [0.29, 0.717) is 37.5 Å². The van der Waals surface area contributed by atoms with Crippen molar-refractivity contribution in [3.05, 3.63) is 52.2 Å². The van der Waals surface area contributed by atoms with E-state index < -0.39 is 0 Å². The van der Waals surface area contributed by atoms with Crippen molar-refractivity contribution < 1.29 is 14.0 Å². The molecule has 0 aliphatic carbocycles. The molecule has 1 saturated heterocycles. The maximum Gasteiger partial charge on any atom is 0.289 e. The first-order valence-electron chi connectivity index (χ1n) is 7.00. The van der Waals surface area contributed by atoms with Crippen LogP contribution in [0.5, 0.6) is 0 Å². The molecular weight excluding hydrogens is 341 g/mol. The molecule has 0 unspecified atom stereocenters. The van der Waals surface area contributed by atoms with E-state index in [1.807, 2.05) is 0 Å². The van der Waals surface area contributed by atoms with Crippen molar-refractivity contribution in [3.63, 3.8) is 0 Å². The van der Waals surface area contributed by atoms with Crippen molar-refractivity contribution in [1.29, 1.82) is 0 Å². The van der Waals surface area contributed by atoms with Gasteiger partial charge in [-0.05, 0) is 24.3 Å². The summed E-state index contributed by atoms with van der Waals surface area (Å²) >= 11 is 11.7. The van der Waals surface area contributed by atoms with Crippen LogP contribution < -0.4 is 0 Å². The SMILES string of the molecule is O=C(c1cc(Cl)nc(Cl)c1)N1CCN(C(=O)c2ccco2)CC1. The van der Waals surface area contributed by atoms with E-state index in [4.69, 9.17) is 27.6 Å². The molecule has 2 amide bonds. The molecule has 1 fully saturated rings. The number of amides is 2. The van der Waals surface area contributed by atoms with Gasteiger partial charge in [-0.3, -0.25) is 9.59 Å². The number of furan rings is 1. The zero-order valence-electron chi connectivity index (χ0n) is 12.0. The van der Waals surface area contributed by atoms with Gasteiger partial charge in [-0.15, -0.1) is 0 Å². The highest BCUT2D eigenvalue weighted by atomic mass is 35.5. The van der Waals surface area contributed by atoms with Crippen LogP contribution in [0, 0.1) is 0 Å². The summed E-state index contributed by atoms with van der Waals surface area (Å²) in [5.41, 5.74) is 0.390. The summed E-state index contributed by atoms with van der Waals surface area (Å²) in [6.07, 6.45) is 1.46. The second-order valence-electron chi connectivity index (χ2n) is 5.06. The molecule has 120 valence electrons. The molecule has 0 N–H and O–H groups in total. The molecule has 0 aromatic carbocycles. The van der Waals surface area contributed by atoms with Gasteiger partial charge in [-0.2, -0.15) is 0 Å². The Morgan fingerprint density at radius 1 is 1.00 bits per heavy atom. The van der Waals surface area contributed by atoms with Crippen LogP contribution in [0.15, 0.2) is 34.9 Å². The Kier molecular flexibility index (Phi) is 4.54. The fourth-order valence-electron chi connectivity index (χ4n) is 2.44. The van der Waals surface area contributed by atoms with Gasteiger partial charge < -0.3 is 14.2 Å². The predicted octanol–water partition coefficient (Wildman–Crippen LogP) is 2.58. The number of pyridine rings is 1. The standard InChI is InChI=1S/C15H13Cl2N3O3/c16-12-8-10(9-13(17)18-12)14(21)19-3-5-20(6-4-19)15(22)11-2-1-7-23-11/h1-2,7-9H,3-6H2. The summed E-state index contributed by atoms with van der Waals surface area (Å²) < 4.78 is 5.11. The number of halogens is 2. The van der Waals surface area contributed by atoms with Crippen molar-refractivity contribution in [2.24, 2.45) is 0 Å². The maximum absolute atomic E-state index is 12.5. The zero-order valence-corrected chi connectivity index (χ0v) is 13.5. The lowest BCUT2D eigenvalue weighted by Crippen LogP contribution is -2.50. The third kappa shape index (κ3) is 3.48. The molecule has 0 bridgehead atoms. The number of piperazine rings is 1. The van der Waals surface area contributed by atoms with Gasteiger partial charge in [0.25, 0.3) is 11.8 Å². The van der Waals surface area contributed by atoms with E-state index in [2.05, 4.69) is 4.98 Å². The highest BCUT2D eigenvalue weighted by molar-refractivity contribution is 6.33. The molecule has 3 rings (SSSR count). The number of hydrogen-bond acceptors (Lipinski definition) is 4. The normalized spacial score (nSPS) is 14.9. The minimum absolute atomic E-state index is 0.169. The van der Waals surface area contributed by atoms with Crippen molar-refractivity contribution in [1.82, 2.24) is 14.8 Å². The van der Waals surface area contributed by atoms with Crippen LogP contribution in [-0.4, -0.2) is 52.8 Å². The predicted molar refractivity (Wildman–Crippen MR) is 84.8 cm³/mol. The largest absolute Gasteiger partial charge is 0.459 e. The smallest absolute Gasteiger partial charge is 0.289 e. The van der Waals surface area contributed by atoms with Crippen LogP contribution in [0.2, 0.25) is 10.3 Å². The summed E-state index contributed by atoms with van der Waals surface area (Å²) in [7, 11) is 0. The molecule has 0 radical (unpaired) electrons. The van der Waals surface area contributed by atoms with E-state index in [-0.39, 0.29) is 22.1 Å². The molecule has 2 aromatic heterocycles. The second kappa shape index (κ2) is 6.60. The van der Waals surface area contributed by atoms with E-state index >= 15 is 0 Å². The summed E-state index contributed by atoms with van der Waals surface area (Å²) in [5, 5.41) is 0.347. The Hall–Kier alpha value is -2.05. The van der Waals surface area contributed by atoms with Gasteiger partial charge in [0, 0.05) is 31.7 Å². The van der Waals surface area contributed by atoms with Crippen LogP contribution in [0.1, 0.15) is 20.9 Å². The van der Waals surface area contributed by atoms with Gasteiger partial charge in [-0.25, -0.2) is 4.98 Å². The third-order valence-electron chi connectivity index (χ3n) is 3.60. The van der Waals surface area contributed by atoms with E-state index in [1.54, 1.807) is 21.9 Å². The van der Waals surface area contributed by atoms with Gasteiger partial charge in [0.15, 0.2) is 5.76 Å². The Morgan fingerprint density at radius 3 is 2.09 bits per heavy atom. The van der Waals surface area contributed by atoms with Gasteiger partial charge in [0.1, 0.15) is 10.3 Å². The van der Waals surface area contributed by atoms with Crippen molar-refractivity contribution in [3.8, 4) is 0 Å². The van der Waals surface area contributed by atoms with Crippen molar-refractivity contribution in [2.75, 3.05) is 26.2 Å². The van der Waals surface area contributed by atoms with Crippen molar-refractivity contribution in [2.45, 2.75) is 0 Å². The Balaban J connectivity index is 1.64. The van der Waals surface area contributed by atoms with Gasteiger partial charge in [-0.1, -0.05) is 23.2 Å². The molecule has 6 nitrogen and oxygen atoms in total. The van der Waals surface area contributed by atoms with Crippen LogP contribution in [0.25, 0.3) is 0 Å². The third-order valence-corrected chi connectivity index (χ3v) is 3.98. The molecule has 23 heavy (non-hydrogen) atoms. The van der Waals surface area contributed by atoms with E-state index in [0.717, 1.165) is 0 Å². The van der Waals surface area contributed by atoms with Crippen molar-refractivity contribution >= 4 is 35.0 Å². The summed E-state index contributed by atoms with van der Waals surface area (Å²) in [4.78, 5) is 31.8. The van der Waals surface area contributed by atoms with Gasteiger partial charge >= 0.3 is 0 Å². The molecule has 0 saturated carbocycles. The molecule has 0 spiro atoms. The molecule has 0 atom stereocenters. The summed E-state index contributed by atoms with van der Waals surface area (Å²) in [6, 6.07) is 6.26. The Labute approximate surface area is 142 Å². The minimum atomic E-state index is -0.179. The molecular formula is C15H13Cl2N3O3. The molecule has 3 heterocycles. The molecule has 8 heteroatoms. The maximum atomic E-state index is 12.5. The van der Waals surface area contributed by atoms with Gasteiger partial charge in [0.05, 0.1) is 6.26 Å². The topological polar surface area (TPSA) is 66.7 Å². The Morgan fingerprint density at radius 2 is 1.57 bits per heavy atom. The highest BCUT2D eigenvalue weighted by Crippen LogP contribution is 2.17. The van der Waals surface area contributed by atoms with Crippen LogP contribution >= 0.6 is 23.2 Å². The quantitative estimate of drug-likeness (QED) is 0.778. The van der Waals surface area contributed by atoms with E-state index in [9.17, 15) is 9.59 Å². The Bertz CT molecular complexity index is 705. The summed E-state index contributed by atoms with van der Waals surface area (Å²) in [5.74, 6) is -0.0455. The fourth-order valence-corrected chi connectivity index (χ4v) is 2.90. The summed E-state index contributed by atoms with van der Waals surface area (Å²) in [6.45, 7) is 1.75.